The van der Waals surface area contributed by atoms with Crippen LogP contribution in [0, 0.1) is 25.6 Å². The number of Topliss-reactive ketones (excluding diaryl/α,β-unsaturated/α-hetero) is 1. The number of benzene rings is 2. The molecule has 164 valence electrons. The van der Waals surface area contributed by atoms with Crippen LogP contribution < -0.4 is 5.32 Å². The Morgan fingerprint density at radius 3 is 2.34 bits per heavy atom. The molecule has 0 aromatic heterocycles. The predicted molar refractivity (Wildman–Crippen MR) is 117 cm³/mol. The zero-order valence-corrected chi connectivity index (χ0v) is 17.5. The van der Waals surface area contributed by atoms with Crippen molar-refractivity contribution in [3.63, 3.8) is 0 Å². The number of allylic oxidation sites excluding steroid dienone is 3. The van der Waals surface area contributed by atoms with Crippen LogP contribution in [0.15, 0.2) is 59.8 Å². The monoisotopic (exact) mass is 435 g/mol. The molecule has 32 heavy (non-hydrogen) atoms. The standard InChI is InChI=1S/C23H21N3O6/c1-23(2)11-18-22(21(28)12-23)16(14-5-8-20(27)19(9-14)26(31)32)10-17(24-18)13-3-6-15(7-4-13)25(29)30/h3-10,16,24,27H,11-12H2,1-2H3. The third-order valence-electron chi connectivity index (χ3n) is 5.79. The van der Waals surface area contributed by atoms with Crippen LogP contribution in [0.2, 0.25) is 0 Å². The first-order valence-electron chi connectivity index (χ1n) is 10.0. The molecule has 0 amide bonds. The van der Waals surface area contributed by atoms with Crippen molar-refractivity contribution in [3.8, 4) is 5.75 Å². The molecule has 2 aromatic rings. The zero-order chi connectivity index (χ0) is 23.2. The number of ketones is 1. The number of nitro benzene ring substituents is 2. The zero-order valence-electron chi connectivity index (χ0n) is 17.5. The molecular weight excluding hydrogens is 414 g/mol. The van der Waals surface area contributed by atoms with E-state index in [0.717, 1.165) is 5.70 Å². The number of non-ortho nitro benzene ring substituents is 1. The van der Waals surface area contributed by atoms with Crippen LogP contribution in [-0.4, -0.2) is 20.7 Å². The summed E-state index contributed by atoms with van der Waals surface area (Å²) in [5.41, 5.74) is 2.42. The molecule has 2 N–H and O–H groups in total. The molecule has 2 aromatic carbocycles. The molecule has 0 saturated heterocycles. The average Bonchev–Trinajstić information content (AvgIpc) is 2.72. The summed E-state index contributed by atoms with van der Waals surface area (Å²) in [6.45, 7) is 4.00. The molecule has 1 aliphatic heterocycles. The fourth-order valence-electron chi connectivity index (χ4n) is 4.34. The number of rotatable bonds is 4. The summed E-state index contributed by atoms with van der Waals surface area (Å²) in [6, 6.07) is 10.2. The number of carbonyl (C=O) groups excluding carboxylic acids is 1. The van der Waals surface area contributed by atoms with Crippen LogP contribution in [-0.2, 0) is 4.79 Å². The van der Waals surface area contributed by atoms with E-state index in [-0.39, 0.29) is 16.9 Å². The van der Waals surface area contributed by atoms with Crippen molar-refractivity contribution >= 4 is 22.9 Å². The van der Waals surface area contributed by atoms with Crippen LogP contribution >= 0.6 is 0 Å². The van der Waals surface area contributed by atoms with Crippen LogP contribution in [0.5, 0.6) is 5.75 Å². The Hall–Kier alpha value is -4.01. The summed E-state index contributed by atoms with van der Waals surface area (Å²) in [7, 11) is 0. The van der Waals surface area contributed by atoms with Gasteiger partial charge >= 0.3 is 5.69 Å². The lowest BCUT2D eigenvalue weighted by Crippen LogP contribution is -2.35. The van der Waals surface area contributed by atoms with Gasteiger partial charge in [-0.3, -0.25) is 25.0 Å². The Morgan fingerprint density at radius 2 is 1.72 bits per heavy atom. The molecular formula is C23H21N3O6. The summed E-state index contributed by atoms with van der Waals surface area (Å²) in [5, 5.41) is 35.5. The van der Waals surface area contributed by atoms with Crippen molar-refractivity contribution in [2.75, 3.05) is 0 Å². The van der Waals surface area contributed by atoms with Crippen molar-refractivity contribution in [3.05, 3.63) is 91.2 Å². The Labute approximate surface area is 183 Å². The third kappa shape index (κ3) is 3.84. The summed E-state index contributed by atoms with van der Waals surface area (Å²) in [5.74, 6) is -1.04. The van der Waals surface area contributed by atoms with Crippen molar-refractivity contribution in [2.45, 2.75) is 32.6 Å². The van der Waals surface area contributed by atoms with Gasteiger partial charge in [-0.25, -0.2) is 0 Å². The SMILES string of the molecule is CC1(C)CC(=O)C2=C(C1)NC(c1ccc([N+](=O)[O-])cc1)=CC2c1ccc(O)c([N+](=O)[O-])c1. The number of nitrogens with one attached hydrogen (secondary N) is 1. The Kier molecular flexibility index (Phi) is 5.04. The van der Waals surface area contributed by atoms with E-state index in [1.807, 2.05) is 13.8 Å². The van der Waals surface area contributed by atoms with Crippen molar-refractivity contribution < 1.29 is 19.7 Å². The number of dihydropyridines is 1. The van der Waals surface area contributed by atoms with Gasteiger partial charge in [-0.15, -0.1) is 0 Å². The summed E-state index contributed by atoms with van der Waals surface area (Å²) in [6.07, 6.45) is 2.76. The largest absolute Gasteiger partial charge is 0.502 e. The fraction of sp³-hybridized carbons (Fsp3) is 0.261. The van der Waals surface area contributed by atoms with E-state index >= 15 is 0 Å². The number of nitro groups is 2. The topological polar surface area (TPSA) is 136 Å². The van der Waals surface area contributed by atoms with E-state index in [4.69, 9.17) is 0 Å². The molecule has 9 nitrogen and oxygen atoms in total. The smallest absolute Gasteiger partial charge is 0.310 e. The number of hydrogen-bond donors (Lipinski definition) is 2. The first-order chi connectivity index (χ1) is 15.1. The number of carbonyl (C=O) groups is 1. The Bertz CT molecular complexity index is 1210. The lowest BCUT2D eigenvalue weighted by molar-refractivity contribution is -0.385. The molecule has 0 fully saturated rings. The predicted octanol–water partition coefficient (Wildman–Crippen LogP) is 4.58. The lowest BCUT2D eigenvalue weighted by Gasteiger charge is -2.38. The normalized spacial score (nSPS) is 19.6. The highest BCUT2D eigenvalue weighted by Gasteiger charge is 2.39. The first kappa shape index (κ1) is 21.2. The maximum absolute atomic E-state index is 13.1. The van der Waals surface area contributed by atoms with Gasteiger partial charge < -0.3 is 10.4 Å². The molecule has 1 aliphatic carbocycles. The van der Waals surface area contributed by atoms with E-state index in [2.05, 4.69) is 5.32 Å². The minimum absolute atomic E-state index is 0.0373. The van der Waals surface area contributed by atoms with Gasteiger partial charge in [0.2, 0.25) is 0 Å². The lowest BCUT2D eigenvalue weighted by atomic mass is 9.70. The van der Waals surface area contributed by atoms with Gasteiger partial charge in [-0.1, -0.05) is 19.9 Å². The van der Waals surface area contributed by atoms with Gasteiger partial charge in [-0.2, -0.15) is 0 Å². The highest BCUT2D eigenvalue weighted by molar-refractivity contribution is 6.00. The molecule has 4 rings (SSSR count). The second-order valence-corrected chi connectivity index (χ2v) is 8.83. The maximum Gasteiger partial charge on any atom is 0.310 e. The second kappa shape index (κ2) is 7.60. The van der Waals surface area contributed by atoms with Crippen LogP contribution in [0.3, 0.4) is 0 Å². The average molecular weight is 435 g/mol. The van der Waals surface area contributed by atoms with Crippen LogP contribution in [0.1, 0.15) is 43.7 Å². The van der Waals surface area contributed by atoms with Crippen molar-refractivity contribution in [1.29, 1.82) is 0 Å². The van der Waals surface area contributed by atoms with Crippen molar-refractivity contribution in [1.82, 2.24) is 5.32 Å². The maximum atomic E-state index is 13.1. The highest BCUT2D eigenvalue weighted by Crippen LogP contribution is 2.45. The van der Waals surface area contributed by atoms with Crippen LogP contribution in [0.25, 0.3) is 5.70 Å². The molecule has 9 heteroatoms. The number of nitrogens with zero attached hydrogens (tertiary/aromatic N) is 2. The molecule has 1 heterocycles. The minimum Gasteiger partial charge on any atom is -0.502 e. The summed E-state index contributed by atoms with van der Waals surface area (Å²) in [4.78, 5) is 34.3. The van der Waals surface area contributed by atoms with E-state index in [0.29, 0.717) is 35.2 Å². The second-order valence-electron chi connectivity index (χ2n) is 8.83. The minimum atomic E-state index is -0.665. The Balaban J connectivity index is 1.85. The molecule has 0 radical (unpaired) electrons. The highest BCUT2D eigenvalue weighted by atomic mass is 16.6. The van der Waals surface area contributed by atoms with E-state index in [1.165, 1.54) is 24.3 Å². The third-order valence-corrected chi connectivity index (χ3v) is 5.79. The molecule has 0 spiro atoms. The number of aromatic hydroxyl groups is 1. The first-order valence-corrected chi connectivity index (χ1v) is 10.0. The van der Waals surface area contributed by atoms with Gasteiger partial charge in [0.25, 0.3) is 5.69 Å². The Morgan fingerprint density at radius 1 is 1.03 bits per heavy atom. The molecule has 1 unspecified atom stereocenters. The number of phenols is 1. The van der Waals surface area contributed by atoms with E-state index in [1.54, 1.807) is 24.3 Å². The number of hydrogen-bond acceptors (Lipinski definition) is 7. The summed E-state index contributed by atoms with van der Waals surface area (Å²) < 4.78 is 0. The molecule has 0 saturated carbocycles. The quantitative estimate of drug-likeness (QED) is 0.530. The van der Waals surface area contributed by atoms with Gasteiger partial charge in [0.1, 0.15) is 0 Å². The summed E-state index contributed by atoms with van der Waals surface area (Å²) >= 11 is 0. The van der Waals surface area contributed by atoms with E-state index < -0.39 is 27.2 Å². The molecule has 2 aliphatic rings. The van der Waals surface area contributed by atoms with Gasteiger partial charge in [-0.05, 0) is 47.2 Å². The van der Waals surface area contributed by atoms with Gasteiger partial charge in [0.15, 0.2) is 11.5 Å². The van der Waals surface area contributed by atoms with Crippen LogP contribution in [0.4, 0.5) is 11.4 Å². The van der Waals surface area contributed by atoms with Crippen molar-refractivity contribution in [2.24, 2.45) is 5.41 Å². The van der Waals surface area contributed by atoms with E-state index in [9.17, 15) is 30.1 Å². The molecule has 0 bridgehead atoms. The molecule has 1 atom stereocenters. The number of phenolic OH excluding ortho intramolecular Hbond substituents is 1. The fourth-order valence-corrected chi connectivity index (χ4v) is 4.34. The van der Waals surface area contributed by atoms with Gasteiger partial charge in [0, 0.05) is 47.5 Å². The van der Waals surface area contributed by atoms with Gasteiger partial charge in [0.05, 0.1) is 9.85 Å².